The number of benzene rings is 2. The molecule has 0 atom stereocenters. The van der Waals surface area contributed by atoms with E-state index >= 15 is 0 Å². The molecule has 0 bridgehead atoms. The number of hydrogen-bond donors (Lipinski definition) is 3. The van der Waals surface area contributed by atoms with Crippen LogP contribution in [0, 0.1) is 0 Å². The van der Waals surface area contributed by atoms with Crippen LogP contribution in [0.5, 0.6) is 0 Å². The number of carbonyl (C=O) groups is 2. The SMILES string of the molecule is O=C(CNC(=O)c1ccc(Br)cc1)Nc1ccc(-c2ccn[nH]2)cc1. The van der Waals surface area contributed by atoms with Gasteiger partial charge in [0.1, 0.15) is 0 Å². The van der Waals surface area contributed by atoms with Gasteiger partial charge in [-0.05, 0) is 48.0 Å². The van der Waals surface area contributed by atoms with Crippen molar-refractivity contribution in [2.75, 3.05) is 11.9 Å². The molecule has 3 N–H and O–H groups in total. The maximum absolute atomic E-state index is 12.0. The van der Waals surface area contributed by atoms with Crippen LogP contribution in [0.25, 0.3) is 11.3 Å². The molecule has 6 nitrogen and oxygen atoms in total. The third kappa shape index (κ3) is 4.54. The van der Waals surface area contributed by atoms with E-state index in [1.165, 1.54) is 0 Å². The number of carbonyl (C=O) groups excluding carboxylic acids is 2. The van der Waals surface area contributed by atoms with Crippen molar-refractivity contribution in [3.05, 3.63) is 70.8 Å². The Balaban J connectivity index is 1.52. The molecule has 2 amide bonds. The van der Waals surface area contributed by atoms with Crippen LogP contribution in [0.4, 0.5) is 5.69 Å². The lowest BCUT2D eigenvalue weighted by atomic mass is 10.1. The number of aromatic nitrogens is 2. The van der Waals surface area contributed by atoms with E-state index in [-0.39, 0.29) is 18.4 Å². The molecule has 3 rings (SSSR count). The van der Waals surface area contributed by atoms with Gasteiger partial charge in [-0.1, -0.05) is 28.1 Å². The second kappa shape index (κ2) is 7.76. The van der Waals surface area contributed by atoms with Gasteiger partial charge < -0.3 is 10.6 Å². The number of anilines is 1. The van der Waals surface area contributed by atoms with Crippen LogP contribution in [0.1, 0.15) is 10.4 Å². The third-order valence-corrected chi connectivity index (χ3v) is 4.02. The van der Waals surface area contributed by atoms with Gasteiger partial charge in [0.15, 0.2) is 0 Å². The Bertz CT molecular complexity index is 859. The molecule has 0 aliphatic rings. The van der Waals surface area contributed by atoms with E-state index in [0.717, 1.165) is 15.7 Å². The summed E-state index contributed by atoms with van der Waals surface area (Å²) in [6.45, 7) is -0.100. The summed E-state index contributed by atoms with van der Waals surface area (Å²) in [5, 5.41) is 12.1. The number of nitrogens with zero attached hydrogens (tertiary/aromatic N) is 1. The predicted molar refractivity (Wildman–Crippen MR) is 99.1 cm³/mol. The van der Waals surface area contributed by atoms with Gasteiger partial charge in [-0.15, -0.1) is 0 Å². The second-order valence-corrected chi connectivity index (χ2v) is 6.20. The molecule has 1 heterocycles. The van der Waals surface area contributed by atoms with E-state index < -0.39 is 0 Å². The Morgan fingerprint density at radius 3 is 2.36 bits per heavy atom. The number of H-pyrrole nitrogens is 1. The van der Waals surface area contributed by atoms with Gasteiger partial charge in [0.25, 0.3) is 5.91 Å². The fraction of sp³-hybridized carbons (Fsp3) is 0.0556. The lowest BCUT2D eigenvalue weighted by molar-refractivity contribution is -0.115. The monoisotopic (exact) mass is 398 g/mol. The van der Waals surface area contributed by atoms with E-state index in [2.05, 4.69) is 36.8 Å². The van der Waals surface area contributed by atoms with Crippen LogP contribution in [-0.4, -0.2) is 28.6 Å². The van der Waals surface area contributed by atoms with Crippen LogP contribution < -0.4 is 10.6 Å². The number of rotatable bonds is 5. The van der Waals surface area contributed by atoms with Crippen molar-refractivity contribution in [1.29, 1.82) is 0 Å². The Kier molecular flexibility index (Phi) is 5.25. The number of amides is 2. The average Bonchev–Trinajstić information content (AvgIpc) is 3.15. The van der Waals surface area contributed by atoms with Gasteiger partial charge >= 0.3 is 0 Å². The summed E-state index contributed by atoms with van der Waals surface area (Å²) in [4.78, 5) is 23.9. The zero-order valence-corrected chi connectivity index (χ0v) is 14.7. The lowest BCUT2D eigenvalue weighted by Gasteiger charge is -2.08. The zero-order chi connectivity index (χ0) is 17.6. The van der Waals surface area contributed by atoms with Crippen LogP contribution in [0.15, 0.2) is 65.3 Å². The van der Waals surface area contributed by atoms with Crippen LogP contribution in [-0.2, 0) is 4.79 Å². The van der Waals surface area contributed by atoms with Crippen LogP contribution >= 0.6 is 15.9 Å². The first kappa shape index (κ1) is 16.9. The van der Waals surface area contributed by atoms with E-state index in [1.54, 1.807) is 42.6 Å². The van der Waals surface area contributed by atoms with Gasteiger partial charge in [-0.3, -0.25) is 14.7 Å². The molecule has 0 saturated heterocycles. The summed E-state index contributed by atoms with van der Waals surface area (Å²) >= 11 is 3.31. The summed E-state index contributed by atoms with van der Waals surface area (Å²) < 4.78 is 0.889. The summed E-state index contributed by atoms with van der Waals surface area (Å²) in [6, 6.07) is 16.1. The van der Waals surface area contributed by atoms with Gasteiger partial charge in [0, 0.05) is 21.9 Å². The van der Waals surface area contributed by atoms with Crippen molar-refractivity contribution in [2.24, 2.45) is 0 Å². The van der Waals surface area contributed by atoms with Crippen molar-refractivity contribution in [3.63, 3.8) is 0 Å². The number of aromatic amines is 1. The molecular weight excluding hydrogens is 384 g/mol. The van der Waals surface area contributed by atoms with Crippen molar-refractivity contribution >= 4 is 33.4 Å². The largest absolute Gasteiger partial charge is 0.343 e. The summed E-state index contributed by atoms with van der Waals surface area (Å²) in [5.41, 5.74) is 3.03. The van der Waals surface area contributed by atoms with Crippen molar-refractivity contribution in [1.82, 2.24) is 15.5 Å². The van der Waals surface area contributed by atoms with Crippen molar-refractivity contribution < 1.29 is 9.59 Å². The number of nitrogens with one attached hydrogen (secondary N) is 3. The van der Waals surface area contributed by atoms with Gasteiger partial charge in [0.05, 0.1) is 12.2 Å². The molecule has 0 aliphatic heterocycles. The van der Waals surface area contributed by atoms with Crippen molar-refractivity contribution in [2.45, 2.75) is 0 Å². The van der Waals surface area contributed by atoms with Crippen LogP contribution in [0.2, 0.25) is 0 Å². The van der Waals surface area contributed by atoms with E-state index in [4.69, 9.17) is 0 Å². The van der Waals surface area contributed by atoms with E-state index in [0.29, 0.717) is 11.3 Å². The first-order chi connectivity index (χ1) is 12.1. The molecule has 0 unspecified atom stereocenters. The van der Waals surface area contributed by atoms with Gasteiger partial charge in [0.2, 0.25) is 5.91 Å². The molecule has 0 saturated carbocycles. The number of hydrogen-bond acceptors (Lipinski definition) is 3. The van der Waals surface area contributed by atoms with Gasteiger partial charge in [-0.2, -0.15) is 5.10 Å². The zero-order valence-electron chi connectivity index (χ0n) is 13.1. The second-order valence-electron chi connectivity index (χ2n) is 5.29. The predicted octanol–water partition coefficient (Wildman–Crippen LogP) is 3.21. The standard InChI is InChI=1S/C18H15BrN4O2/c19-14-5-1-13(2-6-14)18(25)20-11-17(24)22-15-7-3-12(4-8-15)16-9-10-21-23-16/h1-10H,11H2,(H,20,25)(H,21,23)(H,22,24). The first-order valence-electron chi connectivity index (χ1n) is 7.55. The minimum atomic E-state index is -0.294. The highest BCUT2D eigenvalue weighted by atomic mass is 79.9. The quantitative estimate of drug-likeness (QED) is 0.616. The number of halogens is 1. The normalized spacial score (nSPS) is 10.3. The van der Waals surface area contributed by atoms with E-state index in [9.17, 15) is 9.59 Å². The molecule has 0 radical (unpaired) electrons. The molecule has 25 heavy (non-hydrogen) atoms. The molecule has 3 aromatic rings. The maximum Gasteiger partial charge on any atom is 0.251 e. The highest BCUT2D eigenvalue weighted by Gasteiger charge is 2.08. The summed E-state index contributed by atoms with van der Waals surface area (Å²) in [5.74, 6) is -0.586. The minimum absolute atomic E-state index is 0.100. The molecule has 1 aromatic heterocycles. The summed E-state index contributed by atoms with van der Waals surface area (Å²) in [6.07, 6.45) is 1.68. The average molecular weight is 399 g/mol. The van der Waals surface area contributed by atoms with Crippen LogP contribution in [0.3, 0.4) is 0 Å². The maximum atomic E-state index is 12.0. The molecule has 0 aliphatic carbocycles. The summed E-state index contributed by atoms with van der Waals surface area (Å²) in [7, 11) is 0. The molecule has 2 aromatic carbocycles. The Hall–Kier alpha value is -2.93. The molecular formula is C18H15BrN4O2. The molecule has 0 fully saturated rings. The fourth-order valence-electron chi connectivity index (χ4n) is 2.22. The third-order valence-electron chi connectivity index (χ3n) is 3.50. The first-order valence-corrected chi connectivity index (χ1v) is 8.34. The highest BCUT2D eigenvalue weighted by molar-refractivity contribution is 9.10. The Labute approximate surface area is 152 Å². The minimum Gasteiger partial charge on any atom is -0.343 e. The van der Waals surface area contributed by atoms with Crippen molar-refractivity contribution in [3.8, 4) is 11.3 Å². The Morgan fingerprint density at radius 2 is 1.72 bits per heavy atom. The van der Waals surface area contributed by atoms with Gasteiger partial charge in [-0.25, -0.2) is 0 Å². The molecule has 7 heteroatoms. The fourth-order valence-corrected chi connectivity index (χ4v) is 2.48. The topological polar surface area (TPSA) is 86.9 Å². The lowest BCUT2D eigenvalue weighted by Crippen LogP contribution is -2.32. The smallest absolute Gasteiger partial charge is 0.251 e. The van der Waals surface area contributed by atoms with E-state index in [1.807, 2.05) is 18.2 Å². The highest BCUT2D eigenvalue weighted by Crippen LogP contribution is 2.18. The molecule has 0 spiro atoms. The Morgan fingerprint density at radius 1 is 1.00 bits per heavy atom. The molecule has 126 valence electrons.